The molecule has 0 saturated carbocycles. The molecule has 0 amide bonds. The molecule has 0 fully saturated rings. The molecule has 1 radical (unpaired) electrons. The van der Waals surface area contributed by atoms with Crippen molar-refractivity contribution in [1.29, 1.82) is 0 Å². The van der Waals surface area contributed by atoms with Crippen LogP contribution in [0.15, 0.2) is 24.3 Å². The minimum atomic E-state index is -0.234. The van der Waals surface area contributed by atoms with Crippen LogP contribution < -0.4 is 0 Å². The van der Waals surface area contributed by atoms with E-state index in [0.29, 0.717) is 0 Å². The van der Waals surface area contributed by atoms with Crippen LogP contribution >= 0.6 is 12.4 Å². The smallest absolute Gasteiger partial charge is 0.123 e. The maximum atomic E-state index is 11.9. The van der Waals surface area contributed by atoms with Crippen molar-refractivity contribution in [2.75, 3.05) is 0 Å². The van der Waals surface area contributed by atoms with E-state index >= 15 is 0 Å². The zero-order valence-electron chi connectivity index (χ0n) is 4.10. The lowest BCUT2D eigenvalue weighted by molar-refractivity contribution is 0.627. The Morgan fingerprint density at radius 3 is 2.50 bits per heavy atom. The van der Waals surface area contributed by atoms with Crippen LogP contribution in [0.5, 0.6) is 0 Å². The number of hydrogen-bond acceptors (Lipinski definition) is 0. The summed E-state index contributed by atoms with van der Waals surface area (Å²) >= 11 is 0. The van der Waals surface area contributed by atoms with Crippen LogP contribution in [0.2, 0.25) is 0 Å². The highest BCUT2D eigenvalue weighted by molar-refractivity contribution is 5.85. The molecule has 1 rings (SSSR count). The maximum absolute atomic E-state index is 11.9. The third kappa shape index (κ3) is 1.94. The van der Waals surface area contributed by atoms with E-state index in [-0.39, 0.29) is 18.2 Å². The molecular weight excluding hydrogens is 127 g/mol. The van der Waals surface area contributed by atoms with Gasteiger partial charge in [-0.2, -0.15) is 0 Å². The van der Waals surface area contributed by atoms with Gasteiger partial charge in [-0.3, -0.25) is 0 Å². The van der Waals surface area contributed by atoms with Gasteiger partial charge >= 0.3 is 0 Å². The fourth-order valence-electron chi connectivity index (χ4n) is 0.371. The Morgan fingerprint density at radius 1 is 1.50 bits per heavy atom. The van der Waals surface area contributed by atoms with Gasteiger partial charge in [0.05, 0.1) is 0 Å². The summed E-state index contributed by atoms with van der Waals surface area (Å²) in [4.78, 5) is 0. The summed E-state index contributed by atoms with van der Waals surface area (Å²) in [5, 5.41) is 0. The Morgan fingerprint density at radius 2 is 2.25 bits per heavy atom. The lowest BCUT2D eigenvalue weighted by Crippen LogP contribution is -1.64. The van der Waals surface area contributed by atoms with Crippen molar-refractivity contribution in [3.05, 3.63) is 36.1 Å². The standard InChI is InChI=1S/C6H4F.ClH/c7-6-4-2-1-3-5-6;/h1-2,4-5H;1H. The van der Waals surface area contributed by atoms with Crippen molar-refractivity contribution in [2.45, 2.75) is 0 Å². The molecular formula is C6H5ClF. The fourth-order valence-corrected chi connectivity index (χ4v) is 0.371. The number of benzene rings is 1. The summed E-state index contributed by atoms with van der Waals surface area (Å²) in [6, 6.07) is 8.53. The predicted octanol–water partition coefficient (Wildman–Crippen LogP) is 2.05. The molecule has 0 heterocycles. The van der Waals surface area contributed by atoms with E-state index in [1.54, 1.807) is 12.1 Å². The Labute approximate surface area is 53.8 Å². The topological polar surface area (TPSA) is 0 Å². The van der Waals surface area contributed by atoms with E-state index in [1.807, 2.05) is 0 Å². The molecule has 0 spiro atoms. The van der Waals surface area contributed by atoms with Crippen LogP contribution in [0.3, 0.4) is 0 Å². The van der Waals surface area contributed by atoms with Crippen LogP contribution in [0, 0.1) is 11.9 Å². The lowest BCUT2D eigenvalue weighted by atomic mass is 10.4. The summed E-state index contributed by atoms with van der Waals surface area (Å²) in [6.07, 6.45) is 0. The highest BCUT2D eigenvalue weighted by Crippen LogP contribution is 1.91. The SMILES string of the molecule is Cl.Fc1c[c]ccc1. The molecule has 0 unspecified atom stereocenters. The van der Waals surface area contributed by atoms with Gasteiger partial charge in [0.15, 0.2) is 0 Å². The lowest BCUT2D eigenvalue weighted by Gasteiger charge is -1.77. The zero-order valence-corrected chi connectivity index (χ0v) is 4.91. The first-order valence-electron chi connectivity index (χ1n) is 2.01. The third-order valence-corrected chi connectivity index (χ3v) is 0.669. The molecule has 0 saturated heterocycles. The van der Waals surface area contributed by atoms with Crippen molar-refractivity contribution < 1.29 is 4.39 Å². The molecule has 0 atom stereocenters. The fraction of sp³-hybridized carbons (Fsp3) is 0. The Balaban J connectivity index is 0.000000490. The first-order valence-corrected chi connectivity index (χ1v) is 2.01. The van der Waals surface area contributed by atoms with Gasteiger partial charge in [0, 0.05) is 0 Å². The van der Waals surface area contributed by atoms with Gasteiger partial charge in [0.25, 0.3) is 0 Å². The number of halogens is 2. The van der Waals surface area contributed by atoms with Crippen LogP contribution in [0.1, 0.15) is 0 Å². The van der Waals surface area contributed by atoms with Crippen molar-refractivity contribution in [3.8, 4) is 0 Å². The molecule has 0 aliphatic rings. The van der Waals surface area contributed by atoms with Gasteiger partial charge in [-0.25, -0.2) is 4.39 Å². The van der Waals surface area contributed by atoms with Crippen LogP contribution in [0.4, 0.5) is 4.39 Å². The summed E-state index contributed by atoms with van der Waals surface area (Å²) < 4.78 is 11.9. The second-order valence-electron chi connectivity index (χ2n) is 1.22. The van der Waals surface area contributed by atoms with Gasteiger partial charge in [-0.15, -0.1) is 12.4 Å². The molecule has 0 nitrogen and oxygen atoms in total. The Hall–Kier alpha value is -0.560. The quantitative estimate of drug-likeness (QED) is 0.506. The summed E-state index contributed by atoms with van der Waals surface area (Å²) in [7, 11) is 0. The second-order valence-corrected chi connectivity index (χ2v) is 1.22. The third-order valence-electron chi connectivity index (χ3n) is 0.669. The average molecular weight is 132 g/mol. The van der Waals surface area contributed by atoms with Crippen molar-refractivity contribution in [1.82, 2.24) is 0 Å². The highest BCUT2D eigenvalue weighted by Gasteiger charge is 1.77. The van der Waals surface area contributed by atoms with Gasteiger partial charge in [0.2, 0.25) is 0 Å². The molecule has 0 bridgehead atoms. The molecule has 43 valence electrons. The van der Waals surface area contributed by atoms with Crippen LogP contribution in [-0.4, -0.2) is 0 Å². The molecule has 1 aromatic carbocycles. The van der Waals surface area contributed by atoms with Crippen LogP contribution in [-0.2, 0) is 0 Å². The zero-order chi connectivity index (χ0) is 5.11. The minimum Gasteiger partial charge on any atom is -0.207 e. The summed E-state index contributed by atoms with van der Waals surface area (Å²) in [5.41, 5.74) is 0. The van der Waals surface area contributed by atoms with E-state index in [1.165, 1.54) is 12.1 Å². The maximum Gasteiger partial charge on any atom is 0.123 e. The molecule has 0 aromatic heterocycles. The Bertz CT molecular complexity index is 138. The molecule has 2 heteroatoms. The van der Waals surface area contributed by atoms with Crippen molar-refractivity contribution >= 4 is 12.4 Å². The number of rotatable bonds is 0. The van der Waals surface area contributed by atoms with Crippen molar-refractivity contribution in [2.24, 2.45) is 0 Å². The molecule has 0 aliphatic heterocycles. The normalized spacial score (nSPS) is 7.62. The number of hydrogen-bond donors (Lipinski definition) is 0. The van der Waals surface area contributed by atoms with E-state index in [4.69, 9.17) is 0 Å². The predicted molar refractivity (Wildman–Crippen MR) is 32.5 cm³/mol. The summed E-state index contributed by atoms with van der Waals surface area (Å²) in [5.74, 6) is -0.234. The Kier molecular flexibility index (Phi) is 3.20. The highest BCUT2D eigenvalue weighted by atomic mass is 35.5. The largest absolute Gasteiger partial charge is 0.207 e. The molecule has 8 heavy (non-hydrogen) atoms. The molecule has 0 aliphatic carbocycles. The first kappa shape index (κ1) is 7.44. The van der Waals surface area contributed by atoms with Crippen molar-refractivity contribution in [3.63, 3.8) is 0 Å². The molecule has 1 aromatic rings. The first-order chi connectivity index (χ1) is 3.39. The van der Waals surface area contributed by atoms with E-state index in [9.17, 15) is 4.39 Å². The van der Waals surface area contributed by atoms with Gasteiger partial charge in [-0.05, 0) is 18.2 Å². The molecule has 0 N–H and O–H groups in total. The minimum absolute atomic E-state index is 0. The van der Waals surface area contributed by atoms with Gasteiger partial charge < -0.3 is 0 Å². The van der Waals surface area contributed by atoms with Gasteiger partial charge in [-0.1, -0.05) is 12.1 Å². The average Bonchev–Trinajstić information content (AvgIpc) is 1.69. The van der Waals surface area contributed by atoms with E-state index < -0.39 is 0 Å². The monoisotopic (exact) mass is 131 g/mol. The van der Waals surface area contributed by atoms with Crippen LogP contribution in [0.25, 0.3) is 0 Å². The van der Waals surface area contributed by atoms with Gasteiger partial charge in [0.1, 0.15) is 5.82 Å². The van der Waals surface area contributed by atoms with E-state index in [0.717, 1.165) is 0 Å². The van der Waals surface area contributed by atoms with E-state index in [2.05, 4.69) is 6.07 Å². The summed E-state index contributed by atoms with van der Waals surface area (Å²) in [6.45, 7) is 0. The second kappa shape index (κ2) is 3.44.